The summed E-state index contributed by atoms with van der Waals surface area (Å²) in [5.74, 6) is 0.380. The van der Waals surface area contributed by atoms with E-state index in [9.17, 15) is 5.11 Å². The molecule has 7 rings (SSSR count). The van der Waals surface area contributed by atoms with Crippen LogP contribution in [0.15, 0.2) is 120 Å². The Morgan fingerprint density at radius 2 is 1.20 bits per heavy atom. The van der Waals surface area contributed by atoms with Crippen molar-refractivity contribution in [2.45, 2.75) is 58.5 Å². The summed E-state index contributed by atoms with van der Waals surface area (Å²) in [6.45, 7) is 14.1. The van der Waals surface area contributed by atoms with Crippen LogP contribution in [0.5, 0.6) is 5.75 Å². The van der Waals surface area contributed by atoms with Gasteiger partial charge in [-0.25, -0.2) is 0 Å². The molecule has 1 aliphatic heterocycles. The molecule has 0 spiro atoms. The molecule has 1 saturated heterocycles. The molecule has 1 N–H and O–H groups in total. The SMILES string of the molecule is CC(C)(C)P1CCC(c2cccc(-c3c4ccccc4cc4ccccc34)c2O)(C(C)(C)C)C1=Nc1cccc2ccccc12. The Morgan fingerprint density at radius 1 is 0.644 bits per heavy atom. The lowest BCUT2D eigenvalue weighted by atomic mass is 9.61. The van der Waals surface area contributed by atoms with Gasteiger partial charge in [-0.1, -0.05) is 153 Å². The van der Waals surface area contributed by atoms with Gasteiger partial charge in [0.15, 0.2) is 0 Å². The molecular formula is C42H42NOP. The van der Waals surface area contributed by atoms with E-state index >= 15 is 0 Å². The van der Waals surface area contributed by atoms with E-state index in [2.05, 4.69) is 157 Å². The maximum Gasteiger partial charge on any atom is 0.127 e. The number of nitrogens with zero attached hydrogens (tertiary/aromatic N) is 1. The number of phenols is 1. The Morgan fingerprint density at radius 3 is 1.82 bits per heavy atom. The molecule has 0 amide bonds. The van der Waals surface area contributed by atoms with Crippen LogP contribution in [0.3, 0.4) is 0 Å². The summed E-state index contributed by atoms with van der Waals surface area (Å²) in [5.41, 5.74) is 4.61. The van der Waals surface area contributed by atoms with E-state index in [1.165, 1.54) is 27.0 Å². The van der Waals surface area contributed by atoms with Crippen LogP contribution in [0.1, 0.15) is 53.5 Å². The lowest BCUT2D eigenvalue weighted by molar-refractivity contribution is 0.253. The standard InChI is InChI=1S/C42H42NOP/c1-40(2,3)42(25-26-45(41(4,5)6)39(42)43-36-24-13-18-28-15-7-10-19-31(28)36)35-23-14-22-34(38(35)44)37-32-20-11-8-16-29(32)27-30-17-9-12-21-33(30)37/h7-24,27,44H,25-26H2,1-6H3. The smallest absolute Gasteiger partial charge is 0.127 e. The first-order valence-electron chi connectivity index (χ1n) is 16.1. The first-order valence-corrected chi connectivity index (χ1v) is 17.6. The maximum atomic E-state index is 12.6. The molecule has 6 aromatic rings. The molecule has 0 aromatic heterocycles. The van der Waals surface area contributed by atoms with Gasteiger partial charge < -0.3 is 5.11 Å². The van der Waals surface area contributed by atoms with Gasteiger partial charge in [-0.3, -0.25) is 4.99 Å². The Balaban J connectivity index is 1.54. The van der Waals surface area contributed by atoms with Crippen molar-refractivity contribution >= 4 is 51.4 Å². The van der Waals surface area contributed by atoms with Crippen molar-refractivity contribution in [1.29, 1.82) is 0 Å². The van der Waals surface area contributed by atoms with Crippen molar-refractivity contribution in [2.75, 3.05) is 6.16 Å². The summed E-state index contributed by atoms with van der Waals surface area (Å²) in [7, 11) is -0.598. The highest BCUT2D eigenvalue weighted by atomic mass is 31.1. The van der Waals surface area contributed by atoms with Gasteiger partial charge in [0.2, 0.25) is 0 Å². The fourth-order valence-corrected chi connectivity index (χ4v) is 11.1. The zero-order chi connectivity index (χ0) is 31.6. The van der Waals surface area contributed by atoms with Crippen molar-refractivity contribution in [3.05, 3.63) is 121 Å². The Kier molecular flexibility index (Phi) is 7.14. The first-order chi connectivity index (χ1) is 21.5. The van der Waals surface area contributed by atoms with Crippen molar-refractivity contribution in [3.63, 3.8) is 0 Å². The van der Waals surface area contributed by atoms with Crippen LogP contribution in [0, 0.1) is 5.41 Å². The molecule has 2 nitrogen and oxygen atoms in total. The zero-order valence-electron chi connectivity index (χ0n) is 27.2. The summed E-state index contributed by atoms with van der Waals surface area (Å²) in [5, 5.41) is 19.8. The number of para-hydroxylation sites is 1. The summed E-state index contributed by atoms with van der Waals surface area (Å²) < 4.78 is 0. The molecule has 1 aliphatic rings. The second kappa shape index (κ2) is 10.8. The monoisotopic (exact) mass is 607 g/mol. The Bertz CT molecular complexity index is 2050. The Labute approximate surface area is 268 Å². The van der Waals surface area contributed by atoms with Gasteiger partial charge in [0.25, 0.3) is 0 Å². The van der Waals surface area contributed by atoms with E-state index in [-0.39, 0.29) is 10.6 Å². The number of aliphatic imine (C=N–C) groups is 1. The third-order valence-corrected chi connectivity index (χ3v) is 13.3. The van der Waals surface area contributed by atoms with Gasteiger partial charge in [0.05, 0.1) is 11.1 Å². The lowest BCUT2D eigenvalue weighted by Crippen LogP contribution is -2.44. The number of phenolic OH excluding ortho intramolecular Hbond substituents is 1. The van der Waals surface area contributed by atoms with E-state index in [4.69, 9.17) is 4.99 Å². The predicted molar refractivity (Wildman–Crippen MR) is 197 cm³/mol. The number of rotatable bonds is 3. The van der Waals surface area contributed by atoms with Crippen molar-refractivity contribution < 1.29 is 5.11 Å². The Hall–Kier alpha value is -4.00. The second-order valence-electron chi connectivity index (χ2n) is 14.6. The topological polar surface area (TPSA) is 32.6 Å². The minimum atomic E-state index is -0.598. The molecule has 0 aliphatic carbocycles. The molecule has 1 fully saturated rings. The number of hydrogen-bond acceptors (Lipinski definition) is 2. The van der Waals surface area contributed by atoms with E-state index in [1.807, 2.05) is 0 Å². The molecule has 45 heavy (non-hydrogen) atoms. The molecule has 6 aromatic carbocycles. The van der Waals surface area contributed by atoms with E-state index in [0.717, 1.165) is 45.7 Å². The summed E-state index contributed by atoms with van der Waals surface area (Å²) in [6.07, 6.45) is 2.04. The first kappa shape index (κ1) is 29.7. The van der Waals surface area contributed by atoms with Crippen molar-refractivity contribution in [3.8, 4) is 16.9 Å². The van der Waals surface area contributed by atoms with Crippen molar-refractivity contribution in [2.24, 2.45) is 10.4 Å². The molecule has 226 valence electrons. The van der Waals surface area contributed by atoms with Crippen LogP contribution in [0.4, 0.5) is 5.69 Å². The normalized spacial score (nSPS) is 20.0. The van der Waals surface area contributed by atoms with E-state index < -0.39 is 13.3 Å². The van der Waals surface area contributed by atoms with Gasteiger partial charge in [-0.15, -0.1) is 0 Å². The third kappa shape index (κ3) is 4.77. The van der Waals surface area contributed by atoms with Crippen LogP contribution in [-0.2, 0) is 5.41 Å². The summed E-state index contributed by atoms with van der Waals surface area (Å²) in [6, 6.07) is 40.8. The average molecular weight is 608 g/mol. The maximum absolute atomic E-state index is 12.6. The fourth-order valence-electron chi connectivity index (χ4n) is 7.72. The highest BCUT2D eigenvalue weighted by Gasteiger charge is 2.57. The highest BCUT2D eigenvalue weighted by molar-refractivity contribution is 7.77. The van der Waals surface area contributed by atoms with Crippen LogP contribution in [0.2, 0.25) is 0 Å². The number of fused-ring (bicyclic) bond motifs is 3. The molecule has 0 saturated carbocycles. The van der Waals surface area contributed by atoms with Crippen LogP contribution in [0.25, 0.3) is 43.4 Å². The quantitative estimate of drug-likeness (QED) is 0.158. The number of hydrogen-bond donors (Lipinski definition) is 1. The highest BCUT2D eigenvalue weighted by Crippen LogP contribution is 2.68. The van der Waals surface area contributed by atoms with Gasteiger partial charge in [-0.05, 0) is 62.2 Å². The van der Waals surface area contributed by atoms with E-state index in [1.54, 1.807) is 0 Å². The average Bonchev–Trinajstić information content (AvgIpc) is 3.41. The van der Waals surface area contributed by atoms with Gasteiger partial charge in [-0.2, -0.15) is 0 Å². The molecule has 2 unspecified atom stereocenters. The van der Waals surface area contributed by atoms with Crippen molar-refractivity contribution in [1.82, 2.24) is 0 Å². The number of benzene rings is 6. The molecule has 0 radical (unpaired) electrons. The minimum Gasteiger partial charge on any atom is -0.507 e. The lowest BCUT2D eigenvalue weighted by Gasteiger charge is -2.45. The van der Waals surface area contributed by atoms with E-state index in [0.29, 0.717) is 5.75 Å². The second-order valence-corrected chi connectivity index (χ2v) is 17.6. The summed E-state index contributed by atoms with van der Waals surface area (Å²) >= 11 is 0. The number of aromatic hydroxyl groups is 1. The van der Waals surface area contributed by atoms with Crippen LogP contribution < -0.4 is 0 Å². The zero-order valence-corrected chi connectivity index (χ0v) is 28.1. The van der Waals surface area contributed by atoms with Gasteiger partial charge >= 0.3 is 0 Å². The molecule has 2 atom stereocenters. The van der Waals surface area contributed by atoms with Gasteiger partial charge in [0.1, 0.15) is 5.75 Å². The molecule has 3 heteroatoms. The third-order valence-electron chi connectivity index (χ3n) is 9.97. The van der Waals surface area contributed by atoms with Crippen LogP contribution >= 0.6 is 7.92 Å². The predicted octanol–water partition coefficient (Wildman–Crippen LogP) is 12.2. The molecular weight excluding hydrogens is 565 g/mol. The molecule has 1 heterocycles. The summed E-state index contributed by atoms with van der Waals surface area (Å²) in [4.78, 5) is 5.71. The fraction of sp³-hybridized carbons (Fsp3) is 0.262. The largest absolute Gasteiger partial charge is 0.507 e. The molecule has 0 bridgehead atoms. The van der Waals surface area contributed by atoms with Gasteiger partial charge in [0, 0.05) is 27.5 Å². The van der Waals surface area contributed by atoms with Crippen LogP contribution in [-0.4, -0.2) is 21.9 Å². The minimum absolute atomic E-state index is 0.0742.